The highest BCUT2D eigenvalue weighted by atomic mass is 79.9. The molecule has 1 N–H and O–H groups in total. The maximum atomic E-state index is 12.4. The van der Waals surface area contributed by atoms with E-state index in [1.54, 1.807) is 0 Å². The van der Waals surface area contributed by atoms with E-state index in [0.29, 0.717) is 17.9 Å². The van der Waals surface area contributed by atoms with Crippen LogP contribution in [0.2, 0.25) is 0 Å². The smallest absolute Gasteiger partial charge is 0.226 e. The van der Waals surface area contributed by atoms with E-state index in [9.17, 15) is 4.79 Å². The molecule has 1 aliphatic heterocycles. The summed E-state index contributed by atoms with van der Waals surface area (Å²) in [5, 5.41) is 3.38. The molecular formula is C15H19BrN2O. The fraction of sp³-hybridized carbons (Fsp3) is 0.533. The molecule has 0 spiro atoms. The largest absolute Gasteiger partial charge is 0.340 e. The fourth-order valence-corrected chi connectivity index (χ4v) is 3.18. The SMILES string of the molecule is C[C@@H]1CN(C(=O)[C@@H]2C[C@@H]2c2ccc(Br)cc2)CCN1. The van der Waals surface area contributed by atoms with Crippen molar-refractivity contribution in [3.63, 3.8) is 0 Å². The summed E-state index contributed by atoms with van der Waals surface area (Å²) in [7, 11) is 0. The lowest BCUT2D eigenvalue weighted by atomic mass is 10.1. The van der Waals surface area contributed by atoms with Crippen LogP contribution < -0.4 is 5.32 Å². The second-order valence-corrected chi connectivity index (χ2v) is 6.56. The first kappa shape index (κ1) is 13.1. The van der Waals surface area contributed by atoms with Crippen molar-refractivity contribution in [1.82, 2.24) is 10.2 Å². The molecule has 2 fully saturated rings. The van der Waals surface area contributed by atoms with Crippen molar-refractivity contribution in [2.45, 2.75) is 25.3 Å². The topological polar surface area (TPSA) is 32.3 Å². The zero-order chi connectivity index (χ0) is 13.4. The van der Waals surface area contributed by atoms with Crippen molar-refractivity contribution in [3.05, 3.63) is 34.3 Å². The van der Waals surface area contributed by atoms with E-state index >= 15 is 0 Å². The van der Waals surface area contributed by atoms with Crippen LogP contribution in [0, 0.1) is 5.92 Å². The van der Waals surface area contributed by atoms with Crippen molar-refractivity contribution in [3.8, 4) is 0 Å². The van der Waals surface area contributed by atoms with Crippen molar-refractivity contribution < 1.29 is 4.79 Å². The molecule has 2 aliphatic rings. The lowest BCUT2D eigenvalue weighted by molar-refractivity contribution is -0.133. The molecule has 3 rings (SSSR count). The summed E-state index contributed by atoms with van der Waals surface area (Å²) in [6.45, 7) is 4.76. The Hall–Kier alpha value is -0.870. The third-order valence-electron chi connectivity index (χ3n) is 4.09. The van der Waals surface area contributed by atoms with Crippen LogP contribution in [0.15, 0.2) is 28.7 Å². The number of nitrogens with one attached hydrogen (secondary N) is 1. The summed E-state index contributed by atoms with van der Waals surface area (Å²) in [5.41, 5.74) is 1.30. The Bertz CT molecular complexity index is 474. The van der Waals surface area contributed by atoms with Crippen LogP contribution in [0.25, 0.3) is 0 Å². The van der Waals surface area contributed by atoms with Crippen molar-refractivity contribution in [2.24, 2.45) is 5.92 Å². The van der Waals surface area contributed by atoms with Crippen LogP contribution in [-0.2, 0) is 4.79 Å². The molecule has 1 heterocycles. The van der Waals surface area contributed by atoms with Gasteiger partial charge >= 0.3 is 0 Å². The monoisotopic (exact) mass is 322 g/mol. The summed E-state index contributed by atoms with van der Waals surface area (Å²) in [6.07, 6.45) is 1.01. The molecule has 1 aliphatic carbocycles. The van der Waals surface area contributed by atoms with Gasteiger partial charge in [-0.15, -0.1) is 0 Å². The summed E-state index contributed by atoms with van der Waals surface area (Å²) < 4.78 is 1.09. The van der Waals surface area contributed by atoms with Crippen molar-refractivity contribution in [2.75, 3.05) is 19.6 Å². The Morgan fingerprint density at radius 2 is 2.11 bits per heavy atom. The molecule has 0 bridgehead atoms. The Kier molecular flexibility index (Phi) is 3.63. The number of amides is 1. The minimum Gasteiger partial charge on any atom is -0.340 e. The van der Waals surface area contributed by atoms with Crippen LogP contribution in [0.5, 0.6) is 0 Å². The maximum Gasteiger partial charge on any atom is 0.226 e. The summed E-state index contributed by atoms with van der Waals surface area (Å²) in [4.78, 5) is 14.5. The first-order valence-electron chi connectivity index (χ1n) is 6.93. The van der Waals surface area contributed by atoms with Gasteiger partial charge in [-0.05, 0) is 37.0 Å². The third kappa shape index (κ3) is 2.84. The molecule has 3 nitrogen and oxygen atoms in total. The number of halogens is 1. The van der Waals surface area contributed by atoms with Crippen LogP contribution in [0.4, 0.5) is 0 Å². The molecule has 0 aromatic heterocycles. The Morgan fingerprint density at radius 3 is 2.79 bits per heavy atom. The zero-order valence-electron chi connectivity index (χ0n) is 11.1. The second-order valence-electron chi connectivity index (χ2n) is 5.64. The number of hydrogen-bond acceptors (Lipinski definition) is 2. The van der Waals surface area contributed by atoms with Gasteiger partial charge in [0.25, 0.3) is 0 Å². The average Bonchev–Trinajstić information content (AvgIpc) is 3.19. The minimum absolute atomic E-state index is 0.214. The Morgan fingerprint density at radius 1 is 1.37 bits per heavy atom. The number of nitrogens with zero attached hydrogens (tertiary/aromatic N) is 1. The standard InChI is InChI=1S/C15H19BrN2O/c1-10-9-18(7-6-17-10)15(19)14-8-13(14)11-2-4-12(16)5-3-11/h2-5,10,13-14,17H,6-9H2,1H3/t10-,13-,14-/m1/s1. The van der Waals surface area contributed by atoms with Crippen molar-refractivity contribution >= 4 is 21.8 Å². The molecular weight excluding hydrogens is 304 g/mol. The number of carbonyl (C=O) groups is 1. The van der Waals surface area contributed by atoms with Gasteiger partial charge in [-0.2, -0.15) is 0 Å². The molecule has 4 heteroatoms. The van der Waals surface area contributed by atoms with Gasteiger partial charge in [-0.1, -0.05) is 28.1 Å². The molecule has 102 valence electrons. The quantitative estimate of drug-likeness (QED) is 0.906. The molecule has 19 heavy (non-hydrogen) atoms. The molecule has 1 aromatic rings. The molecule has 1 saturated carbocycles. The van der Waals surface area contributed by atoms with Gasteiger partial charge < -0.3 is 10.2 Å². The maximum absolute atomic E-state index is 12.4. The third-order valence-corrected chi connectivity index (χ3v) is 4.61. The Balaban J connectivity index is 1.62. The van der Waals surface area contributed by atoms with Gasteiger partial charge in [-0.25, -0.2) is 0 Å². The zero-order valence-corrected chi connectivity index (χ0v) is 12.7. The van der Waals surface area contributed by atoms with Crippen LogP contribution in [0.1, 0.15) is 24.8 Å². The minimum atomic E-state index is 0.214. The summed E-state index contributed by atoms with van der Waals surface area (Å²) in [6, 6.07) is 8.79. The number of carbonyl (C=O) groups excluding carboxylic acids is 1. The van der Waals surface area contributed by atoms with E-state index in [1.165, 1.54) is 5.56 Å². The van der Waals surface area contributed by atoms with Gasteiger partial charge in [0, 0.05) is 36.1 Å². The fourth-order valence-electron chi connectivity index (χ4n) is 2.91. The molecule has 0 radical (unpaired) electrons. The van der Waals surface area contributed by atoms with E-state index in [-0.39, 0.29) is 5.92 Å². The van der Waals surface area contributed by atoms with E-state index < -0.39 is 0 Å². The normalized spacial score (nSPS) is 30.2. The van der Waals surface area contributed by atoms with Gasteiger partial charge in [-0.3, -0.25) is 4.79 Å². The number of piperazine rings is 1. The molecule has 0 unspecified atom stereocenters. The average molecular weight is 323 g/mol. The lowest BCUT2D eigenvalue weighted by Gasteiger charge is -2.32. The highest BCUT2D eigenvalue weighted by Crippen LogP contribution is 2.48. The van der Waals surface area contributed by atoms with E-state index in [4.69, 9.17) is 0 Å². The van der Waals surface area contributed by atoms with Crippen molar-refractivity contribution in [1.29, 1.82) is 0 Å². The van der Waals surface area contributed by atoms with Gasteiger partial charge in [0.05, 0.1) is 0 Å². The number of rotatable bonds is 2. The molecule has 1 amide bonds. The predicted octanol–water partition coefficient (Wildman–Crippen LogP) is 2.37. The first-order valence-corrected chi connectivity index (χ1v) is 7.72. The van der Waals surface area contributed by atoms with Crippen LogP contribution in [0.3, 0.4) is 0 Å². The Labute approximate surface area is 122 Å². The first-order chi connectivity index (χ1) is 9.15. The highest BCUT2D eigenvalue weighted by Gasteiger charge is 2.46. The number of benzene rings is 1. The summed E-state index contributed by atoms with van der Waals surface area (Å²) in [5.74, 6) is 0.999. The molecule has 1 saturated heterocycles. The lowest BCUT2D eigenvalue weighted by Crippen LogP contribution is -2.51. The van der Waals surface area contributed by atoms with Gasteiger partial charge in [0.1, 0.15) is 0 Å². The highest BCUT2D eigenvalue weighted by molar-refractivity contribution is 9.10. The number of hydrogen-bond donors (Lipinski definition) is 1. The molecule has 3 atom stereocenters. The van der Waals surface area contributed by atoms with E-state index in [0.717, 1.165) is 30.5 Å². The predicted molar refractivity (Wildman–Crippen MR) is 79.0 cm³/mol. The summed E-state index contributed by atoms with van der Waals surface area (Å²) >= 11 is 3.45. The van der Waals surface area contributed by atoms with E-state index in [1.807, 2.05) is 4.90 Å². The van der Waals surface area contributed by atoms with Crippen LogP contribution >= 0.6 is 15.9 Å². The van der Waals surface area contributed by atoms with Gasteiger partial charge in [0.15, 0.2) is 0 Å². The van der Waals surface area contributed by atoms with Crippen LogP contribution in [-0.4, -0.2) is 36.5 Å². The van der Waals surface area contributed by atoms with Gasteiger partial charge in [0.2, 0.25) is 5.91 Å². The van der Waals surface area contributed by atoms with E-state index in [2.05, 4.69) is 52.4 Å². The second kappa shape index (κ2) is 5.25. The molecule has 1 aromatic carbocycles.